The summed E-state index contributed by atoms with van der Waals surface area (Å²) in [5.74, 6) is -1.26. The van der Waals surface area contributed by atoms with Gasteiger partial charge < -0.3 is 45.1 Å². The van der Waals surface area contributed by atoms with Crippen LogP contribution in [0.1, 0.15) is 226 Å². The van der Waals surface area contributed by atoms with Gasteiger partial charge in [-0.15, -0.1) is 0 Å². The van der Waals surface area contributed by atoms with Gasteiger partial charge in [-0.1, -0.05) is 229 Å². The number of unbranched alkanes of at least 4 members (excludes halogenated alkanes) is 22. The van der Waals surface area contributed by atoms with E-state index in [0.29, 0.717) is 19.3 Å². The number of ether oxygens (including phenoxy) is 3. The maximum atomic E-state index is 13.3. The molecular weight excluding hydrogens is 883 g/mol. The molecule has 1 saturated heterocycles. The van der Waals surface area contributed by atoms with Crippen molar-refractivity contribution in [2.45, 2.75) is 275 Å². The second-order valence-electron chi connectivity index (χ2n) is 19.3. The third-order valence-corrected chi connectivity index (χ3v) is 12.9. The van der Waals surface area contributed by atoms with Crippen LogP contribution in [0.3, 0.4) is 0 Å². The van der Waals surface area contributed by atoms with Crippen LogP contribution in [0, 0.1) is 0 Å². The molecule has 11 heteroatoms. The van der Waals surface area contributed by atoms with Crippen molar-refractivity contribution in [2.75, 3.05) is 13.2 Å². The molecule has 8 atom stereocenters. The molecule has 0 aromatic heterocycles. The Morgan fingerprint density at radius 3 is 1.53 bits per heavy atom. The lowest BCUT2D eigenvalue weighted by molar-refractivity contribution is -0.305. The van der Waals surface area contributed by atoms with Gasteiger partial charge in [0.25, 0.3) is 0 Å². The van der Waals surface area contributed by atoms with Crippen LogP contribution in [0.4, 0.5) is 0 Å². The Bertz CT molecular complexity index is 1410. The molecular formula is C59H103NO10. The predicted molar refractivity (Wildman–Crippen MR) is 287 cm³/mol. The van der Waals surface area contributed by atoms with Crippen LogP contribution in [0.5, 0.6) is 0 Å². The Hall–Kier alpha value is -2.90. The monoisotopic (exact) mass is 986 g/mol. The lowest BCUT2D eigenvalue weighted by Crippen LogP contribution is -2.61. The average molecular weight is 986 g/mol. The summed E-state index contributed by atoms with van der Waals surface area (Å²) in [4.78, 5) is 26.4. The van der Waals surface area contributed by atoms with Gasteiger partial charge in [-0.25, -0.2) is 0 Å². The maximum Gasteiger partial charge on any atom is 0.306 e. The number of carbonyl (C=O) groups excluding carboxylic acids is 2. The normalized spacial score (nSPS) is 20.3. The van der Waals surface area contributed by atoms with Crippen LogP contribution in [0.2, 0.25) is 0 Å². The van der Waals surface area contributed by atoms with Crippen LogP contribution in [0.15, 0.2) is 72.9 Å². The second-order valence-corrected chi connectivity index (χ2v) is 19.3. The molecule has 0 aromatic rings. The van der Waals surface area contributed by atoms with Crippen molar-refractivity contribution in [2.24, 2.45) is 0 Å². The fourth-order valence-electron chi connectivity index (χ4n) is 8.39. The molecule has 1 aliphatic rings. The van der Waals surface area contributed by atoms with Crippen LogP contribution in [-0.4, -0.2) is 99.6 Å². The van der Waals surface area contributed by atoms with Gasteiger partial charge in [0, 0.05) is 6.42 Å². The summed E-state index contributed by atoms with van der Waals surface area (Å²) >= 11 is 0. The van der Waals surface area contributed by atoms with Crippen LogP contribution >= 0.6 is 0 Å². The number of aliphatic hydroxyl groups is 5. The SMILES string of the molecule is CC/C=C\C/C=C\C/C=C\C/C=C\C/C=C\CCCC(=O)OC1C(OCC(NC(=O)C(O)CCCCCCCCCCCCCC)C(O)/C=C/CCCCCCCCCCCC)OC(CO)C(O)C1O. The minimum Gasteiger partial charge on any atom is -0.454 e. The van der Waals surface area contributed by atoms with Gasteiger partial charge in [-0.3, -0.25) is 9.59 Å². The molecule has 0 aliphatic carbocycles. The van der Waals surface area contributed by atoms with Crippen molar-refractivity contribution in [3.05, 3.63) is 72.9 Å². The van der Waals surface area contributed by atoms with E-state index in [1.807, 2.05) is 18.2 Å². The van der Waals surface area contributed by atoms with Gasteiger partial charge in [-0.2, -0.15) is 0 Å². The smallest absolute Gasteiger partial charge is 0.306 e. The number of allylic oxidation sites excluding steroid dienone is 11. The molecule has 1 rings (SSSR count). The number of nitrogens with one attached hydrogen (secondary N) is 1. The highest BCUT2D eigenvalue weighted by Crippen LogP contribution is 2.26. The third kappa shape index (κ3) is 35.3. The first-order valence-electron chi connectivity index (χ1n) is 28.2. The van der Waals surface area contributed by atoms with Gasteiger partial charge in [0.15, 0.2) is 12.4 Å². The molecule has 6 N–H and O–H groups in total. The minimum absolute atomic E-state index is 0.0437. The molecule has 8 unspecified atom stereocenters. The number of carbonyl (C=O) groups is 2. The number of hydrogen-bond donors (Lipinski definition) is 6. The second kappa shape index (κ2) is 47.1. The van der Waals surface area contributed by atoms with E-state index >= 15 is 0 Å². The predicted octanol–water partition coefficient (Wildman–Crippen LogP) is 12.4. The molecule has 1 heterocycles. The summed E-state index contributed by atoms with van der Waals surface area (Å²) in [6.45, 7) is 5.62. The molecule has 0 spiro atoms. The van der Waals surface area contributed by atoms with E-state index in [-0.39, 0.29) is 19.4 Å². The number of rotatable bonds is 46. The summed E-state index contributed by atoms with van der Waals surface area (Å²) in [5, 5.41) is 56.7. The highest BCUT2D eigenvalue weighted by Gasteiger charge is 2.47. The average Bonchev–Trinajstić information content (AvgIpc) is 3.36. The summed E-state index contributed by atoms with van der Waals surface area (Å²) < 4.78 is 17.5. The van der Waals surface area contributed by atoms with Crippen molar-refractivity contribution in [1.29, 1.82) is 0 Å². The van der Waals surface area contributed by atoms with Crippen LogP contribution in [-0.2, 0) is 23.8 Å². The quantitative estimate of drug-likeness (QED) is 0.0196. The van der Waals surface area contributed by atoms with E-state index in [4.69, 9.17) is 14.2 Å². The maximum absolute atomic E-state index is 13.3. The number of hydrogen-bond acceptors (Lipinski definition) is 10. The molecule has 404 valence electrons. The Balaban J connectivity index is 2.78. The van der Waals surface area contributed by atoms with E-state index in [2.05, 4.69) is 74.7 Å². The summed E-state index contributed by atoms with van der Waals surface area (Å²) in [7, 11) is 0. The Kier molecular flexibility index (Phi) is 43.8. The van der Waals surface area contributed by atoms with E-state index in [1.165, 1.54) is 103 Å². The standard InChI is InChI=1S/C59H103NO10/c1-4-7-10-13-16-19-22-25-26-27-28-29-32-35-38-41-44-47-54(64)70-57-56(66)55(65)53(48-61)69-59(57)68-49-50(51(62)45-42-39-36-33-30-23-20-17-14-11-8-5-2)60-58(67)52(63)46-43-40-37-34-31-24-21-18-15-12-9-6-3/h7,10,16,19,25-26,28-29,35,38,42,45,50-53,55-57,59,61-63,65-66H,4-6,8-9,11-15,17-18,20-24,27,30-34,36-37,39-41,43-44,46-49H2,1-3H3,(H,60,67)/b10-7-,19-16-,26-25-,29-28-,38-35-,45-42+. The molecule has 0 bridgehead atoms. The summed E-state index contributed by atoms with van der Waals surface area (Å²) in [5.41, 5.74) is 0. The zero-order chi connectivity index (χ0) is 51.1. The lowest BCUT2D eigenvalue weighted by Gasteiger charge is -2.41. The molecule has 1 fully saturated rings. The van der Waals surface area contributed by atoms with Crippen molar-refractivity contribution in [1.82, 2.24) is 5.32 Å². The molecule has 1 aliphatic heterocycles. The van der Waals surface area contributed by atoms with Gasteiger partial charge in [0.05, 0.1) is 25.4 Å². The number of esters is 1. The van der Waals surface area contributed by atoms with E-state index < -0.39 is 67.4 Å². The molecule has 0 aromatic carbocycles. The third-order valence-electron chi connectivity index (χ3n) is 12.9. The molecule has 0 radical (unpaired) electrons. The summed E-state index contributed by atoms with van der Waals surface area (Å²) in [6, 6.07) is -1.03. The van der Waals surface area contributed by atoms with E-state index in [9.17, 15) is 35.1 Å². The lowest BCUT2D eigenvalue weighted by atomic mass is 9.99. The Morgan fingerprint density at radius 1 is 0.571 bits per heavy atom. The fraction of sp³-hybridized carbons (Fsp3) is 0.763. The highest BCUT2D eigenvalue weighted by molar-refractivity contribution is 5.80. The van der Waals surface area contributed by atoms with Gasteiger partial charge >= 0.3 is 5.97 Å². The van der Waals surface area contributed by atoms with Gasteiger partial charge in [0.1, 0.15) is 24.4 Å². The van der Waals surface area contributed by atoms with Crippen molar-refractivity contribution in [3.63, 3.8) is 0 Å². The molecule has 70 heavy (non-hydrogen) atoms. The topological polar surface area (TPSA) is 175 Å². The minimum atomic E-state index is -1.64. The number of amides is 1. The van der Waals surface area contributed by atoms with Gasteiger partial charge in [0.2, 0.25) is 5.91 Å². The first kappa shape index (κ1) is 65.1. The highest BCUT2D eigenvalue weighted by atomic mass is 16.7. The van der Waals surface area contributed by atoms with Crippen LogP contribution in [0.25, 0.3) is 0 Å². The van der Waals surface area contributed by atoms with E-state index in [0.717, 1.165) is 70.6 Å². The fourth-order valence-corrected chi connectivity index (χ4v) is 8.39. The zero-order valence-electron chi connectivity index (χ0n) is 44.4. The zero-order valence-corrected chi connectivity index (χ0v) is 44.4. The Morgan fingerprint density at radius 2 is 1.03 bits per heavy atom. The largest absolute Gasteiger partial charge is 0.454 e. The molecule has 1 amide bonds. The molecule has 0 saturated carbocycles. The molecule has 11 nitrogen and oxygen atoms in total. The first-order chi connectivity index (χ1) is 34.2. The number of aliphatic hydroxyl groups excluding tert-OH is 5. The van der Waals surface area contributed by atoms with Crippen molar-refractivity contribution < 1.29 is 49.3 Å². The first-order valence-corrected chi connectivity index (χ1v) is 28.2. The van der Waals surface area contributed by atoms with E-state index in [1.54, 1.807) is 6.08 Å². The van der Waals surface area contributed by atoms with Crippen molar-refractivity contribution in [3.8, 4) is 0 Å². The van der Waals surface area contributed by atoms with Crippen LogP contribution < -0.4 is 5.32 Å². The Labute approximate surface area is 426 Å². The summed E-state index contributed by atoms with van der Waals surface area (Å²) in [6.07, 6.45) is 48.1. The van der Waals surface area contributed by atoms with Gasteiger partial charge in [-0.05, 0) is 64.2 Å². The van der Waals surface area contributed by atoms with Crippen molar-refractivity contribution >= 4 is 11.9 Å².